The van der Waals surface area contributed by atoms with E-state index in [0.717, 1.165) is 24.7 Å². The van der Waals surface area contributed by atoms with Crippen LogP contribution in [-0.4, -0.2) is 40.2 Å². The standard InChI is InChI=1S/C18H21F2N3O/c19-15-5-4-13(9-16(15)20)11-23-8-6-17(18(24)12-23)22-10-14-3-1-2-7-21-14/h1-5,7,9,17-18,22,24H,6,8,10-12H2/t17-,18-/m1/s1. The predicted molar refractivity (Wildman–Crippen MR) is 87.1 cm³/mol. The third kappa shape index (κ3) is 4.35. The summed E-state index contributed by atoms with van der Waals surface area (Å²) in [5.41, 5.74) is 1.65. The van der Waals surface area contributed by atoms with E-state index >= 15 is 0 Å². The summed E-state index contributed by atoms with van der Waals surface area (Å²) in [7, 11) is 0. The van der Waals surface area contributed by atoms with Gasteiger partial charge in [-0.1, -0.05) is 12.1 Å². The summed E-state index contributed by atoms with van der Waals surface area (Å²) in [5, 5.41) is 13.7. The number of hydrogen-bond acceptors (Lipinski definition) is 4. The quantitative estimate of drug-likeness (QED) is 0.880. The molecule has 2 aromatic rings. The molecule has 1 fully saturated rings. The molecule has 0 bridgehead atoms. The molecule has 2 atom stereocenters. The van der Waals surface area contributed by atoms with E-state index in [1.165, 1.54) is 6.07 Å². The first-order valence-corrected chi connectivity index (χ1v) is 8.09. The van der Waals surface area contributed by atoms with Gasteiger partial charge in [-0.3, -0.25) is 9.88 Å². The Balaban J connectivity index is 1.50. The van der Waals surface area contributed by atoms with Gasteiger partial charge in [-0.05, 0) is 36.2 Å². The molecule has 3 rings (SSSR count). The van der Waals surface area contributed by atoms with Crippen LogP contribution < -0.4 is 5.32 Å². The van der Waals surface area contributed by atoms with Crippen molar-refractivity contribution in [2.45, 2.75) is 31.7 Å². The second-order valence-electron chi connectivity index (χ2n) is 6.15. The van der Waals surface area contributed by atoms with Crippen LogP contribution in [0.2, 0.25) is 0 Å². The van der Waals surface area contributed by atoms with Crippen LogP contribution in [0.3, 0.4) is 0 Å². The Morgan fingerprint density at radius 1 is 1.21 bits per heavy atom. The highest BCUT2D eigenvalue weighted by Crippen LogP contribution is 2.16. The van der Waals surface area contributed by atoms with E-state index in [-0.39, 0.29) is 6.04 Å². The highest BCUT2D eigenvalue weighted by molar-refractivity contribution is 5.17. The number of nitrogens with zero attached hydrogens (tertiary/aromatic N) is 2. The fourth-order valence-electron chi connectivity index (χ4n) is 3.01. The molecule has 1 aliphatic rings. The number of halogens is 2. The zero-order valence-corrected chi connectivity index (χ0v) is 13.3. The van der Waals surface area contributed by atoms with Gasteiger partial charge in [0.1, 0.15) is 0 Å². The second kappa shape index (κ2) is 7.79. The summed E-state index contributed by atoms with van der Waals surface area (Å²) >= 11 is 0. The molecule has 1 aromatic carbocycles. The summed E-state index contributed by atoms with van der Waals surface area (Å²) in [6.07, 6.45) is 2.03. The molecule has 6 heteroatoms. The largest absolute Gasteiger partial charge is 0.390 e. The van der Waals surface area contributed by atoms with Crippen LogP contribution in [-0.2, 0) is 13.1 Å². The van der Waals surface area contributed by atoms with Crippen molar-refractivity contribution in [2.24, 2.45) is 0 Å². The number of β-amino-alcohol motifs (C(OH)–C–C–N with tert-alkyl or cyclic N) is 1. The van der Waals surface area contributed by atoms with Gasteiger partial charge in [0.05, 0.1) is 11.8 Å². The molecule has 0 unspecified atom stereocenters. The minimum absolute atomic E-state index is 0.00760. The Hall–Kier alpha value is -1.89. The highest BCUT2D eigenvalue weighted by Gasteiger charge is 2.27. The lowest BCUT2D eigenvalue weighted by Gasteiger charge is -2.36. The van der Waals surface area contributed by atoms with Gasteiger partial charge in [-0.2, -0.15) is 0 Å². The number of hydrogen-bond donors (Lipinski definition) is 2. The van der Waals surface area contributed by atoms with Crippen molar-refractivity contribution in [1.82, 2.24) is 15.2 Å². The van der Waals surface area contributed by atoms with Gasteiger partial charge >= 0.3 is 0 Å². The summed E-state index contributed by atoms with van der Waals surface area (Å²) in [6, 6.07) is 9.69. The topological polar surface area (TPSA) is 48.4 Å². The molecule has 0 saturated carbocycles. The first-order valence-electron chi connectivity index (χ1n) is 8.09. The number of rotatable bonds is 5. The summed E-state index contributed by atoms with van der Waals surface area (Å²) in [5.74, 6) is -1.67. The Labute approximate surface area is 140 Å². The minimum atomic E-state index is -0.837. The molecule has 0 spiro atoms. The zero-order chi connectivity index (χ0) is 16.9. The minimum Gasteiger partial charge on any atom is -0.390 e. The van der Waals surface area contributed by atoms with E-state index in [2.05, 4.69) is 15.2 Å². The molecule has 24 heavy (non-hydrogen) atoms. The zero-order valence-electron chi connectivity index (χ0n) is 13.3. The first kappa shape index (κ1) is 17.0. The molecule has 0 amide bonds. The number of aromatic nitrogens is 1. The van der Waals surface area contributed by atoms with Crippen LogP contribution in [0, 0.1) is 11.6 Å². The van der Waals surface area contributed by atoms with E-state index in [4.69, 9.17) is 0 Å². The van der Waals surface area contributed by atoms with Gasteiger partial charge in [0.15, 0.2) is 11.6 Å². The third-order valence-corrected chi connectivity index (χ3v) is 4.33. The van der Waals surface area contributed by atoms with Crippen LogP contribution in [0.25, 0.3) is 0 Å². The highest BCUT2D eigenvalue weighted by atomic mass is 19.2. The molecular formula is C18H21F2N3O. The van der Waals surface area contributed by atoms with Crippen LogP contribution in [0.5, 0.6) is 0 Å². The first-order chi connectivity index (χ1) is 11.6. The molecule has 2 N–H and O–H groups in total. The van der Waals surface area contributed by atoms with Crippen LogP contribution in [0.1, 0.15) is 17.7 Å². The van der Waals surface area contributed by atoms with Crippen LogP contribution >= 0.6 is 0 Å². The maximum absolute atomic E-state index is 13.3. The molecule has 1 aromatic heterocycles. The van der Waals surface area contributed by atoms with Gasteiger partial charge < -0.3 is 10.4 Å². The van der Waals surface area contributed by atoms with Gasteiger partial charge in [-0.15, -0.1) is 0 Å². The van der Waals surface area contributed by atoms with Crippen molar-refractivity contribution in [1.29, 1.82) is 0 Å². The Kier molecular flexibility index (Phi) is 5.50. The number of piperidine rings is 1. The molecule has 4 nitrogen and oxygen atoms in total. The molecule has 0 aliphatic carbocycles. The Bertz CT molecular complexity index is 669. The van der Waals surface area contributed by atoms with E-state index in [1.54, 1.807) is 12.3 Å². The van der Waals surface area contributed by atoms with Crippen molar-refractivity contribution in [2.75, 3.05) is 13.1 Å². The van der Waals surface area contributed by atoms with Crippen molar-refractivity contribution < 1.29 is 13.9 Å². The lowest BCUT2D eigenvalue weighted by atomic mass is 10.0. The molecule has 0 radical (unpaired) electrons. The number of aliphatic hydroxyl groups excluding tert-OH is 1. The predicted octanol–water partition coefficient (Wildman–Crippen LogP) is 2.08. The smallest absolute Gasteiger partial charge is 0.159 e. The van der Waals surface area contributed by atoms with Crippen molar-refractivity contribution in [3.05, 3.63) is 65.5 Å². The molecule has 1 saturated heterocycles. The van der Waals surface area contributed by atoms with E-state index < -0.39 is 17.7 Å². The average Bonchev–Trinajstić information content (AvgIpc) is 2.58. The van der Waals surface area contributed by atoms with Gasteiger partial charge in [0.2, 0.25) is 0 Å². The number of likely N-dealkylation sites (tertiary alicyclic amines) is 1. The van der Waals surface area contributed by atoms with Crippen LogP contribution in [0.4, 0.5) is 8.78 Å². The Morgan fingerprint density at radius 3 is 2.79 bits per heavy atom. The molecular weight excluding hydrogens is 312 g/mol. The van der Waals surface area contributed by atoms with E-state index in [9.17, 15) is 13.9 Å². The SMILES string of the molecule is O[C@@H]1CN(Cc2ccc(F)c(F)c2)CC[C@H]1NCc1ccccn1. The fourth-order valence-corrected chi connectivity index (χ4v) is 3.01. The number of aliphatic hydroxyl groups is 1. The monoisotopic (exact) mass is 333 g/mol. The normalized spacial score (nSPS) is 21.8. The number of benzene rings is 1. The van der Waals surface area contributed by atoms with E-state index in [0.29, 0.717) is 25.2 Å². The average molecular weight is 333 g/mol. The van der Waals surface area contributed by atoms with Crippen molar-refractivity contribution >= 4 is 0 Å². The summed E-state index contributed by atoms with van der Waals surface area (Å²) in [4.78, 5) is 6.31. The molecule has 2 heterocycles. The second-order valence-corrected chi connectivity index (χ2v) is 6.15. The van der Waals surface area contributed by atoms with Crippen molar-refractivity contribution in [3.8, 4) is 0 Å². The lowest BCUT2D eigenvalue weighted by molar-refractivity contribution is 0.0363. The fraction of sp³-hybridized carbons (Fsp3) is 0.389. The summed E-state index contributed by atoms with van der Waals surface area (Å²) < 4.78 is 26.2. The number of pyridine rings is 1. The van der Waals surface area contributed by atoms with Crippen molar-refractivity contribution in [3.63, 3.8) is 0 Å². The summed E-state index contributed by atoms with van der Waals surface area (Å²) in [6.45, 7) is 2.40. The van der Waals surface area contributed by atoms with Gasteiger partial charge in [-0.25, -0.2) is 8.78 Å². The maximum atomic E-state index is 13.3. The molecule has 128 valence electrons. The van der Waals surface area contributed by atoms with E-state index in [1.807, 2.05) is 18.2 Å². The number of nitrogens with one attached hydrogen (secondary N) is 1. The Morgan fingerprint density at radius 2 is 2.08 bits per heavy atom. The van der Waals surface area contributed by atoms with Gasteiger partial charge in [0, 0.05) is 38.4 Å². The lowest BCUT2D eigenvalue weighted by Crippen LogP contribution is -2.52. The van der Waals surface area contributed by atoms with Gasteiger partial charge in [0.25, 0.3) is 0 Å². The maximum Gasteiger partial charge on any atom is 0.159 e. The third-order valence-electron chi connectivity index (χ3n) is 4.33. The van der Waals surface area contributed by atoms with Crippen LogP contribution in [0.15, 0.2) is 42.6 Å². The molecule has 1 aliphatic heterocycles.